The number of Topliss-reactive ketones (excluding diaryl/α,β-unsaturated/α-hetero) is 1. The summed E-state index contributed by atoms with van der Waals surface area (Å²) >= 11 is 0. The molecule has 1 aromatic carbocycles. The first kappa shape index (κ1) is 25.4. The molecule has 0 radical (unpaired) electrons. The number of benzene rings is 1. The molecule has 2 aliphatic carbocycles. The van der Waals surface area contributed by atoms with Crippen LogP contribution in [-0.2, 0) is 0 Å². The van der Waals surface area contributed by atoms with Gasteiger partial charge in [-0.3, -0.25) is 4.79 Å². The highest BCUT2D eigenvalue weighted by Crippen LogP contribution is 2.44. The fourth-order valence-electron chi connectivity index (χ4n) is 6.25. The molecular formula is C29H44F2O. The average molecular weight is 447 g/mol. The van der Waals surface area contributed by atoms with Gasteiger partial charge in [0.15, 0.2) is 0 Å². The molecule has 1 nitrogen and oxygen atoms in total. The van der Waals surface area contributed by atoms with E-state index in [2.05, 4.69) is 6.92 Å². The summed E-state index contributed by atoms with van der Waals surface area (Å²) in [6.45, 7) is 2.96. The predicted octanol–water partition coefficient (Wildman–Crippen LogP) is 9.36. The molecule has 0 unspecified atom stereocenters. The van der Waals surface area contributed by atoms with E-state index in [1.54, 1.807) is 12.1 Å². The molecule has 3 rings (SSSR count). The number of alkyl halides is 2. The summed E-state index contributed by atoms with van der Waals surface area (Å²) in [7, 11) is 0. The second-order valence-electron chi connectivity index (χ2n) is 10.8. The lowest BCUT2D eigenvalue weighted by Crippen LogP contribution is -2.25. The third-order valence-electron chi connectivity index (χ3n) is 8.34. The third-order valence-corrected chi connectivity index (χ3v) is 8.34. The lowest BCUT2D eigenvalue weighted by Gasteiger charge is -2.38. The maximum absolute atomic E-state index is 13.3. The van der Waals surface area contributed by atoms with E-state index in [4.69, 9.17) is 0 Å². The van der Waals surface area contributed by atoms with E-state index in [1.165, 1.54) is 102 Å². The number of carbonyl (C=O) groups is 1. The van der Waals surface area contributed by atoms with Crippen molar-refractivity contribution in [3.8, 4) is 0 Å². The summed E-state index contributed by atoms with van der Waals surface area (Å²) in [4.78, 5) is 11.8. The maximum Gasteiger partial charge on any atom is 0.307 e. The van der Waals surface area contributed by atoms with Gasteiger partial charge in [-0.25, -0.2) is 0 Å². The van der Waals surface area contributed by atoms with E-state index < -0.39 is 11.7 Å². The molecule has 0 aromatic heterocycles. The van der Waals surface area contributed by atoms with E-state index in [-0.39, 0.29) is 5.56 Å². The zero-order valence-electron chi connectivity index (χ0n) is 20.4. The van der Waals surface area contributed by atoms with Gasteiger partial charge in [-0.05, 0) is 67.8 Å². The van der Waals surface area contributed by atoms with Crippen molar-refractivity contribution in [3.05, 3.63) is 35.4 Å². The van der Waals surface area contributed by atoms with Crippen LogP contribution in [0.1, 0.15) is 132 Å². The van der Waals surface area contributed by atoms with Crippen LogP contribution < -0.4 is 0 Å². The van der Waals surface area contributed by atoms with Crippen molar-refractivity contribution in [1.29, 1.82) is 0 Å². The second kappa shape index (κ2) is 12.3. The van der Waals surface area contributed by atoms with Crippen LogP contribution in [0.5, 0.6) is 0 Å². The highest BCUT2D eigenvalue weighted by molar-refractivity contribution is 6.01. The maximum atomic E-state index is 13.3. The summed E-state index contributed by atoms with van der Waals surface area (Å²) in [5, 5.41) is 0. The molecule has 0 heterocycles. The molecule has 32 heavy (non-hydrogen) atoms. The Labute approximate surface area is 194 Å². The Morgan fingerprint density at radius 3 is 1.91 bits per heavy atom. The van der Waals surface area contributed by atoms with Gasteiger partial charge in [0, 0.05) is 12.5 Å². The van der Waals surface area contributed by atoms with Crippen LogP contribution in [0.25, 0.3) is 0 Å². The normalized spacial score (nSPS) is 26.8. The number of hydrogen-bond acceptors (Lipinski definition) is 1. The first-order valence-electron chi connectivity index (χ1n) is 13.4. The van der Waals surface area contributed by atoms with Gasteiger partial charge in [0.2, 0.25) is 5.78 Å². The Morgan fingerprint density at radius 2 is 1.34 bits per heavy atom. The monoisotopic (exact) mass is 446 g/mol. The highest BCUT2D eigenvalue weighted by Gasteiger charge is 2.34. The Bertz CT molecular complexity index is 674. The standard InChI is InChI=1S/C29H44F2O/c1-3-4-5-6-7-8-9-22-10-12-23(13-11-22)24-14-16-25(17-15-24)26-18-20-27(21-19-26)28(32)29(2,30)31/h18-25H,3-17H2,1-2H3. The molecule has 0 bridgehead atoms. The molecule has 0 atom stereocenters. The number of unbranched alkanes of at least 4 members (excludes halogenated alkanes) is 5. The van der Waals surface area contributed by atoms with Crippen molar-refractivity contribution in [1.82, 2.24) is 0 Å². The van der Waals surface area contributed by atoms with E-state index >= 15 is 0 Å². The predicted molar refractivity (Wildman–Crippen MR) is 130 cm³/mol. The Kier molecular flexibility index (Phi) is 9.74. The number of carbonyl (C=O) groups excluding carboxylic acids is 1. The van der Waals surface area contributed by atoms with Crippen molar-refractivity contribution in [2.75, 3.05) is 0 Å². The quantitative estimate of drug-likeness (QED) is 0.244. The smallest absolute Gasteiger partial charge is 0.287 e. The molecule has 180 valence electrons. The van der Waals surface area contributed by atoms with Gasteiger partial charge in [-0.15, -0.1) is 0 Å². The molecule has 0 spiro atoms. The summed E-state index contributed by atoms with van der Waals surface area (Å²) in [5.74, 6) is -1.09. The minimum absolute atomic E-state index is 0.118. The molecule has 0 N–H and O–H groups in total. The SMILES string of the molecule is CCCCCCCCC1CCC(C2CCC(c3ccc(C(=O)C(C)(F)F)cc3)CC2)CC1. The van der Waals surface area contributed by atoms with Gasteiger partial charge in [0.05, 0.1) is 0 Å². The lowest BCUT2D eigenvalue weighted by molar-refractivity contribution is 0.0221. The van der Waals surface area contributed by atoms with E-state index in [0.717, 1.165) is 17.8 Å². The zero-order chi connectivity index (χ0) is 23.0. The molecule has 1 aromatic rings. The Balaban J connectivity index is 1.36. The molecule has 3 heteroatoms. The molecule has 0 saturated heterocycles. The van der Waals surface area contributed by atoms with Crippen molar-refractivity contribution in [2.45, 2.75) is 122 Å². The summed E-state index contributed by atoms with van der Waals surface area (Å²) in [6.07, 6.45) is 20.6. The first-order valence-corrected chi connectivity index (χ1v) is 13.4. The highest BCUT2D eigenvalue weighted by atomic mass is 19.3. The van der Waals surface area contributed by atoms with Gasteiger partial charge in [-0.2, -0.15) is 8.78 Å². The van der Waals surface area contributed by atoms with Gasteiger partial charge in [-0.1, -0.05) is 89.0 Å². The topological polar surface area (TPSA) is 17.1 Å². The minimum Gasteiger partial charge on any atom is -0.287 e. The molecule has 2 saturated carbocycles. The summed E-state index contributed by atoms with van der Waals surface area (Å²) < 4.78 is 26.5. The number of ketones is 1. The van der Waals surface area contributed by atoms with Crippen LogP contribution in [0.3, 0.4) is 0 Å². The molecule has 0 amide bonds. The van der Waals surface area contributed by atoms with Crippen LogP contribution in [0, 0.1) is 17.8 Å². The minimum atomic E-state index is -3.30. The number of halogens is 2. The van der Waals surface area contributed by atoms with E-state index in [1.807, 2.05) is 12.1 Å². The van der Waals surface area contributed by atoms with Gasteiger partial charge in [0.1, 0.15) is 0 Å². The molecular weight excluding hydrogens is 402 g/mol. The van der Waals surface area contributed by atoms with E-state index in [9.17, 15) is 13.6 Å². The first-order chi connectivity index (χ1) is 15.4. The largest absolute Gasteiger partial charge is 0.307 e. The molecule has 2 fully saturated rings. The van der Waals surface area contributed by atoms with Crippen LogP contribution >= 0.6 is 0 Å². The van der Waals surface area contributed by atoms with Gasteiger partial charge >= 0.3 is 5.92 Å². The van der Waals surface area contributed by atoms with Crippen LogP contribution in [0.4, 0.5) is 8.78 Å². The number of rotatable bonds is 11. The third kappa shape index (κ3) is 7.39. The Hall–Kier alpha value is -1.25. The lowest BCUT2D eigenvalue weighted by atomic mass is 9.68. The number of hydrogen-bond donors (Lipinski definition) is 0. The van der Waals surface area contributed by atoms with Crippen molar-refractivity contribution in [2.24, 2.45) is 17.8 Å². The second-order valence-corrected chi connectivity index (χ2v) is 10.8. The summed E-state index contributed by atoms with van der Waals surface area (Å²) in [5.41, 5.74) is 1.33. The van der Waals surface area contributed by atoms with Crippen molar-refractivity contribution >= 4 is 5.78 Å². The van der Waals surface area contributed by atoms with Crippen molar-refractivity contribution in [3.63, 3.8) is 0 Å². The average Bonchev–Trinajstić information content (AvgIpc) is 2.81. The molecule has 0 aliphatic heterocycles. The van der Waals surface area contributed by atoms with Crippen LogP contribution in [0.15, 0.2) is 24.3 Å². The van der Waals surface area contributed by atoms with Gasteiger partial charge in [0.25, 0.3) is 0 Å². The van der Waals surface area contributed by atoms with Crippen LogP contribution in [-0.4, -0.2) is 11.7 Å². The molecule has 2 aliphatic rings. The zero-order valence-corrected chi connectivity index (χ0v) is 20.4. The Morgan fingerprint density at radius 1 is 0.812 bits per heavy atom. The van der Waals surface area contributed by atoms with Gasteiger partial charge < -0.3 is 0 Å². The van der Waals surface area contributed by atoms with Crippen molar-refractivity contribution < 1.29 is 13.6 Å². The van der Waals surface area contributed by atoms with E-state index in [0.29, 0.717) is 12.8 Å². The summed E-state index contributed by atoms with van der Waals surface area (Å²) in [6, 6.07) is 6.98. The fraction of sp³-hybridized carbons (Fsp3) is 0.759. The van der Waals surface area contributed by atoms with Crippen LogP contribution in [0.2, 0.25) is 0 Å². The fourth-order valence-corrected chi connectivity index (χ4v) is 6.25.